The van der Waals surface area contributed by atoms with Crippen molar-refractivity contribution in [3.8, 4) is 11.5 Å². The summed E-state index contributed by atoms with van der Waals surface area (Å²) in [5, 5.41) is 7.57. The number of halogens is 2. The van der Waals surface area contributed by atoms with Crippen LogP contribution in [0.15, 0.2) is 25.7 Å². The summed E-state index contributed by atoms with van der Waals surface area (Å²) in [6.45, 7) is 3.13. The number of nitrogens with zero attached hydrogens (tertiary/aromatic N) is 3. The molecule has 2 aromatic heterocycles. The molecule has 0 saturated carbocycles. The second-order valence-corrected chi connectivity index (χ2v) is 6.64. The Kier molecular flexibility index (Phi) is 3.92. The molecule has 5 nitrogen and oxygen atoms in total. The number of aromatic nitrogens is 3. The van der Waals surface area contributed by atoms with Crippen LogP contribution in [0.1, 0.15) is 32.1 Å². The largest absolute Gasteiger partial charge is 0.337 e. The summed E-state index contributed by atoms with van der Waals surface area (Å²) in [6, 6.07) is 1.92. The van der Waals surface area contributed by atoms with Gasteiger partial charge in [-0.15, -0.1) is 0 Å². The van der Waals surface area contributed by atoms with Crippen molar-refractivity contribution < 1.29 is 4.52 Å². The molecule has 1 atom stereocenters. The van der Waals surface area contributed by atoms with Gasteiger partial charge in [0.25, 0.3) is 0 Å². The Labute approximate surface area is 133 Å². The van der Waals surface area contributed by atoms with Crippen molar-refractivity contribution in [2.75, 3.05) is 6.54 Å². The van der Waals surface area contributed by atoms with Gasteiger partial charge in [0.15, 0.2) is 0 Å². The lowest BCUT2D eigenvalue weighted by Gasteiger charge is -2.22. The molecule has 7 heteroatoms. The van der Waals surface area contributed by atoms with Gasteiger partial charge in [0.2, 0.25) is 11.7 Å². The number of nitrogens with one attached hydrogen (secondary N) is 1. The summed E-state index contributed by atoms with van der Waals surface area (Å²) < 4.78 is 7.23. The lowest BCUT2D eigenvalue weighted by atomic mass is 9.94. The second-order valence-electron chi connectivity index (χ2n) is 4.87. The predicted molar refractivity (Wildman–Crippen MR) is 82.1 cm³/mol. The van der Waals surface area contributed by atoms with Crippen LogP contribution >= 0.6 is 31.9 Å². The fourth-order valence-electron chi connectivity index (χ4n) is 2.53. The van der Waals surface area contributed by atoms with E-state index in [0.717, 1.165) is 34.8 Å². The van der Waals surface area contributed by atoms with Crippen molar-refractivity contribution in [3.63, 3.8) is 0 Å². The third-order valence-corrected chi connectivity index (χ3v) is 4.74. The lowest BCUT2D eigenvalue weighted by molar-refractivity contribution is 0.250. The van der Waals surface area contributed by atoms with Gasteiger partial charge in [-0.2, -0.15) is 4.98 Å². The van der Waals surface area contributed by atoms with Crippen LogP contribution in [0.25, 0.3) is 11.5 Å². The standard InChI is InChI=1S/C13H14Br2N4O/c1-2-13(4-3-5-17-13)12-18-11(19-20-12)10-9(15)6-8(14)7-16-10/h6-7,17H,2-5H2,1H3. The number of hydrogen-bond donors (Lipinski definition) is 1. The van der Waals surface area contributed by atoms with E-state index in [1.807, 2.05) is 6.07 Å². The van der Waals surface area contributed by atoms with E-state index in [1.165, 1.54) is 0 Å². The van der Waals surface area contributed by atoms with Crippen molar-refractivity contribution in [1.82, 2.24) is 20.4 Å². The van der Waals surface area contributed by atoms with E-state index in [0.29, 0.717) is 17.4 Å². The summed E-state index contributed by atoms with van der Waals surface area (Å²) in [5.74, 6) is 1.17. The molecular formula is C13H14Br2N4O. The maximum absolute atomic E-state index is 5.49. The average molecular weight is 402 g/mol. The molecule has 2 aromatic rings. The Balaban J connectivity index is 1.97. The number of hydrogen-bond acceptors (Lipinski definition) is 5. The number of pyridine rings is 1. The van der Waals surface area contributed by atoms with Crippen LogP contribution in [0, 0.1) is 0 Å². The maximum atomic E-state index is 5.49. The van der Waals surface area contributed by atoms with E-state index in [2.05, 4.69) is 59.2 Å². The van der Waals surface area contributed by atoms with E-state index >= 15 is 0 Å². The van der Waals surface area contributed by atoms with Crippen LogP contribution in [0.3, 0.4) is 0 Å². The first-order valence-electron chi connectivity index (χ1n) is 6.55. The topological polar surface area (TPSA) is 63.8 Å². The van der Waals surface area contributed by atoms with Crippen LogP contribution in [0.4, 0.5) is 0 Å². The Morgan fingerprint density at radius 3 is 2.95 bits per heavy atom. The van der Waals surface area contributed by atoms with Gasteiger partial charge in [0.05, 0.1) is 5.54 Å². The van der Waals surface area contributed by atoms with Crippen LogP contribution in [0.5, 0.6) is 0 Å². The molecule has 1 unspecified atom stereocenters. The molecule has 1 saturated heterocycles. The molecule has 3 rings (SSSR count). The molecule has 0 amide bonds. The van der Waals surface area contributed by atoms with Gasteiger partial charge in [0.1, 0.15) is 5.69 Å². The minimum absolute atomic E-state index is 0.174. The average Bonchev–Trinajstić information content (AvgIpc) is 3.08. The number of rotatable bonds is 3. The molecule has 0 bridgehead atoms. The fourth-order valence-corrected chi connectivity index (χ4v) is 3.70. The third-order valence-electron chi connectivity index (χ3n) is 3.70. The highest BCUT2D eigenvalue weighted by Gasteiger charge is 2.39. The van der Waals surface area contributed by atoms with Crippen LogP contribution < -0.4 is 5.32 Å². The zero-order valence-corrected chi connectivity index (χ0v) is 14.2. The first kappa shape index (κ1) is 14.2. The molecule has 106 valence electrons. The summed E-state index contributed by atoms with van der Waals surface area (Å²) in [6.07, 6.45) is 4.81. The Morgan fingerprint density at radius 1 is 1.45 bits per heavy atom. The van der Waals surface area contributed by atoms with E-state index in [9.17, 15) is 0 Å². The highest BCUT2D eigenvalue weighted by molar-refractivity contribution is 9.11. The van der Waals surface area contributed by atoms with Gasteiger partial charge in [-0.25, -0.2) is 0 Å². The van der Waals surface area contributed by atoms with Crippen LogP contribution in [-0.2, 0) is 5.54 Å². The molecule has 1 fully saturated rings. The first-order chi connectivity index (χ1) is 9.64. The smallest absolute Gasteiger partial charge is 0.247 e. The second kappa shape index (κ2) is 5.54. The summed E-state index contributed by atoms with van der Waals surface area (Å²) >= 11 is 6.86. The Morgan fingerprint density at radius 2 is 2.30 bits per heavy atom. The van der Waals surface area contributed by atoms with E-state index in [4.69, 9.17) is 4.52 Å². The highest BCUT2D eigenvalue weighted by atomic mass is 79.9. The van der Waals surface area contributed by atoms with Gasteiger partial charge in [-0.1, -0.05) is 12.1 Å². The molecule has 20 heavy (non-hydrogen) atoms. The van der Waals surface area contributed by atoms with Gasteiger partial charge >= 0.3 is 0 Å². The van der Waals surface area contributed by atoms with Crippen molar-refractivity contribution in [2.45, 2.75) is 31.7 Å². The molecule has 0 radical (unpaired) electrons. The molecule has 1 N–H and O–H groups in total. The monoisotopic (exact) mass is 400 g/mol. The van der Waals surface area contributed by atoms with Gasteiger partial charge in [-0.05, 0) is 63.7 Å². The highest BCUT2D eigenvalue weighted by Crippen LogP contribution is 2.34. The van der Waals surface area contributed by atoms with Crippen molar-refractivity contribution in [3.05, 3.63) is 27.1 Å². The molecule has 3 heterocycles. The maximum Gasteiger partial charge on any atom is 0.247 e. The van der Waals surface area contributed by atoms with E-state index in [-0.39, 0.29) is 5.54 Å². The minimum Gasteiger partial charge on any atom is -0.337 e. The van der Waals surface area contributed by atoms with Gasteiger partial charge in [-0.3, -0.25) is 4.98 Å². The van der Waals surface area contributed by atoms with E-state index < -0.39 is 0 Å². The zero-order valence-electron chi connectivity index (χ0n) is 11.0. The fraction of sp³-hybridized carbons (Fsp3) is 0.462. The minimum atomic E-state index is -0.174. The van der Waals surface area contributed by atoms with Crippen LogP contribution in [0.2, 0.25) is 0 Å². The van der Waals surface area contributed by atoms with Crippen molar-refractivity contribution in [2.24, 2.45) is 0 Å². The molecule has 0 spiro atoms. The molecule has 1 aliphatic heterocycles. The first-order valence-corrected chi connectivity index (χ1v) is 8.14. The van der Waals surface area contributed by atoms with Gasteiger partial charge in [0, 0.05) is 15.1 Å². The zero-order chi connectivity index (χ0) is 14.2. The van der Waals surface area contributed by atoms with E-state index in [1.54, 1.807) is 6.20 Å². The van der Waals surface area contributed by atoms with Crippen molar-refractivity contribution >= 4 is 31.9 Å². The third kappa shape index (κ3) is 2.42. The quantitative estimate of drug-likeness (QED) is 0.850. The molecule has 0 aromatic carbocycles. The summed E-state index contributed by atoms with van der Waals surface area (Å²) in [7, 11) is 0. The molecule has 0 aliphatic carbocycles. The molecule has 1 aliphatic rings. The molecular weight excluding hydrogens is 388 g/mol. The normalized spacial score (nSPS) is 22.4. The summed E-state index contributed by atoms with van der Waals surface area (Å²) in [4.78, 5) is 8.89. The van der Waals surface area contributed by atoms with Crippen molar-refractivity contribution in [1.29, 1.82) is 0 Å². The predicted octanol–water partition coefficient (Wildman–Crippen LogP) is 3.65. The van der Waals surface area contributed by atoms with Crippen LogP contribution in [-0.4, -0.2) is 21.7 Å². The van der Waals surface area contributed by atoms with Gasteiger partial charge < -0.3 is 9.84 Å². The Hall–Kier alpha value is -0.790. The SMILES string of the molecule is CCC1(c2nc(-c3ncc(Br)cc3Br)no2)CCCN1. The summed E-state index contributed by atoms with van der Waals surface area (Å²) in [5.41, 5.74) is 0.514. The lowest BCUT2D eigenvalue weighted by Crippen LogP contribution is -2.36. The Bertz CT molecular complexity index is 623.